The van der Waals surface area contributed by atoms with Crippen molar-refractivity contribution in [1.29, 1.82) is 0 Å². The van der Waals surface area contributed by atoms with Gasteiger partial charge in [0.25, 0.3) is 0 Å². The van der Waals surface area contributed by atoms with Crippen LogP contribution in [0.25, 0.3) is 0 Å². The molecular formula is C4H12ClNaO4. The topological polar surface area (TPSA) is 89.0 Å². The van der Waals surface area contributed by atoms with Crippen LogP contribution in [0.1, 0.15) is 13.3 Å². The number of hydrogen-bond acceptors (Lipinski definition) is 1. The molecule has 0 aliphatic carbocycles. The molecule has 0 bridgehead atoms. The number of carboxylic acid groups (broad SMARTS) is 2. The first-order valence-corrected chi connectivity index (χ1v) is 2.66. The molecule has 4 nitrogen and oxygen atoms in total. The number of hydrogen-bond donors (Lipinski definition) is 2. The van der Waals surface area contributed by atoms with E-state index in [1.165, 1.54) is 0 Å². The molecular weight excluding hydrogens is 170 g/mol. The molecule has 10 heavy (non-hydrogen) atoms. The molecule has 0 rings (SSSR count). The molecule has 6 heteroatoms. The van der Waals surface area contributed by atoms with Crippen molar-refractivity contribution in [3.05, 3.63) is 0 Å². The number of rotatable bonds is 1. The van der Waals surface area contributed by atoms with Gasteiger partial charge in [0.1, 0.15) is 0 Å². The molecule has 0 atom stereocenters. The van der Waals surface area contributed by atoms with Crippen molar-refractivity contribution in [1.82, 2.24) is 0 Å². The zero-order valence-corrected chi connectivity index (χ0v) is 5.85. The molecule has 0 aromatic rings. The minimum absolute atomic E-state index is 0. The maximum absolute atomic E-state index is 8.56. The molecule has 0 amide bonds. The maximum atomic E-state index is 8.56. The molecule has 0 heterocycles. The third-order valence-electron chi connectivity index (χ3n) is 0.189. The van der Waals surface area contributed by atoms with Gasteiger partial charge in [0, 0.05) is 5.88 Å². The van der Waals surface area contributed by atoms with Gasteiger partial charge in [-0.15, -0.1) is 11.6 Å². The molecule has 0 unspecified atom stereocenters. The average Bonchev–Trinajstić information content (AvgIpc) is 1.65. The van der Waals surface area contributed by atoms with Gasteiger partial charge in [-0.3, -0.25) is 0 Å². The first-order valence-electron chi connectivity index (χ1n) is 2.13. The molecule has 0 saturated carbocycles. The van der Waals surface area contributed by atoms with Gasteiger partial charge >= 0.3 is 35.7 Å². The van der Waals surface area contributed by atoms with E-state index >= 15 is 0 Å². The third kappa shape index (κ3) is 209. The van der Waals surface area contributed by atoms with E-state index in [1.807, 2.05) is 6.92 Å². The van der Waals surface area contributed by atoms with Crippen LogP contribution in [-0.4, -0.2) is 57.3 Å². The number of alkyl halides is 1. The Kier molecular flexibility index (Phi) is 50.9. The Labute approximate surface area is 86.8 Å². The van der Waals surface area contributed by atoms with Gasteiger partial charge in [-0.1, -0.05) is 6.92 Å². The normalized spacial score (nSPS) is 5.40. The van der Waals surface area contributed by atoms with Crippen molar-refractivity contribution in [3.8, 4) is 0 Å². The Morgan fingerprint density at radius 2 is 1.60 bits per heavy atom. The van der Waals surface area contributed by atoms with Crippen molar-refractivity contribution in [2.24, 2.45) is 0 Å². The van der Waals surface area contributed by atoms with Crippen molar-refractivity contribution in [2.75, 3.05) is 5.88 Å². The number of carbonyl (C=O) groups is 1. The molecule has 0 aromatic carbocycles. The van der Waals surface area contributed by atoms with Crippen LogP contribution in [0, 0.1) is 0 Å². The summed E-state index contributed by atoms with van der Waals surface area (Å²) in [6.07, 6.45) is -0.748. The van der Waals surface area contributed by atoms with Crippen LogP contribution in [0.5, 0.6) is 0 Å². The van der Waals surface area contributed by atoms with Gasteiger partial charge in [-0.2, -0.15) is 0 Å². The molecule has 0 radical (unpaired) electrons. The van der Waals surface area contributed by atoms with Gasteiger partial charge in [-0.25, -0.2) is 4.79 Å². The zero-order chi connectivity index (χ0) is 6.99. The fourth-order valence-corrected chi connectivity index (χ4v) is 0. The zero-order valence-electron chi connectivity index (χ0n) is 5.09. The summed E-state index contributed by atoms with van der Waals surface area (Å²) in [7, 11) is 0. The van der Waals surface area contributed by atoms with Crippen molar-refractivity contribution >= 4 is 47.3 Å². The van der Waals surface area contributed by atoms with Crippen molar-refractivity contribution < 1.29 is 20.5 Å². The predicted octanol–water partition coefficient (Wildman–Crippen LogP) is 0.384. The minimum atomic E-state index is -1.83. The Morgan fingerprint density at radius 3 is 1.60 bits per heavy atom. The van der Waals surface area contributed by atoms with Gasteiger partial charge in [0.05, 0.1) is 0 Å². The van der Waals surface area contributed by atoms with Gasteiger partial charge in [-0.05, 0) is 6.42 Å². The third-order valence-corrected chi connectivity index (χ3v) is 0.567. The van der Waals surface area contributed by atoms with E-state index in [-0.39, 0.29) is 35.0 Å². The standard InChI is InChI=1S/C3H7Cl.CH2O3.Na.H2O.H/c1-2-3-4;2-1(3)4;;;/h2-3H2,1H3;(H2,2,3,4);;1H2;. The van der Waals surface area contributed by atoms with E-state index in [2.05, 4.69) is 0 Å². The first-order chi connectivity index (χ1) is 3.65. The van der Waals surface area contributed by atoms with Gasteiger partial charge < -0.3 is 15.7 Å². The van der Waals surface area contributed by atoms with Gasteiger partial charge in [0.2, 0.25) is 0 Å². The molecule has 0 fully saturated rings. The second-order valence-corrected chi connectivity index (χ2v) is 1.35. The number of halogens is 1. The van der Waals surface area contributed by atoms with Gasteiger partial charge in [0.15, 0.2) is 0 Å². The Bertz CT molecular complexity index is 55.2. The fraction of sp³-hybridized carbons (Fsp3) is 0.750. The Hall–Kier alpha value is 0.520. The van der Waals surface area contributed by atoms with Crippen LogP contribution in [0.2, 0.25) is 0 Å². The predicted molar refractivity (Wildman–Crippen MR) is 42.4 cm³/mol. The Morgan fingerprint density at radius 1 is 1.50 bits per heavy atom. The van der Waals surface area contributed by atoms with Crippen LogP contribution in [0.4, 0.5) is 4.79 Å². The summed E-state index contributed by atoms with van der Waals surface area (Å²) in [5.74, 6) is 0.792. The van der Waals surface area contributed by atoms with E-state index < -0.39 is 6.16 Å². The van der Waals surface area contributed by atoms with E-state index in [0.717, 1.165) is 12.3 Å². The summed E-state index contributed by atoms with van der Waals surface area (Å²) in [6.45, 7) is 2.05. The molecule has 0 aliphatic heterocycles. The molecule has 0 aromatic heterocycles. The fourth-order valence-electron chi connectivity index (χ4n) is 0. The summed E-state index contributed by atoms with van der Waals surface area (Å²) in [6, 6.07) is 0. The van der Waals surface area contributed by atoms with Crippen molar-refractivity contribution in [3.63, 3.8) is 0 Å². The second-order valence-electron chi connectivity index (χ2n) is 0.972. The van der Waals surface area contributed by atoms with Crippen LogP contribution in [0.15, 0.2) is 0 Å². The monoisotopic (exact) mass is 182 g/mol. The van der Waals surface area contributed by atoms with Crippen LogP contribution >= 0.6 is 11.6 Å². The van der Waals surface area contributed by atoms with Crippen LogP contribution < -0.4 is 0 Å². The van der Waals surface area contributed by atoms with Crippen LogP contribution in [0.3, 0.4) is 0 Å². The summed E-state index contributed by atoms with van der Waals surface area (Å²) >= 11 is 5.19. The SMILES string of the molecule is CCCCl.O.O=C(O)O.[NaH]. The molecule has 0 aliphatic rings. The van der Waals surface area contributed by atoms with E-state index in [9.17, 15) is 0 Å². The second kappa shape index (κ2) is 22.7. The summed E-state index contributed by atoms with van der Waals surface area (Å²) < 4.78 is 0. The summed E-state index contributed by atoms with van der Waals surface area (Å²) in [5, 5.41) is 13.9. The summed E-state index contributed by atoms with van der Waals surface area (Å²) in [4.78, 5) is 8.56. The quantitative estimate of drug-likeness (QED) is 0.454. The first kappa shape index (κ1) is 22.4. The van der Waals surface area contributed by atoms with Crippen LogP contribution in [-0.2, 0) is 0 Å². The molecule has 0 saturated heterocycles. The average molecular weight is 183 g/mol. The summed E-state index contributed by atoms with van der Waals surface area (Å²) in [5.41, 5.74) is 0. The molecule has 0 spiro atoms. The molecule has 60 valence electrons. The Balaban J connectivity index is -0.0000000300. The van der Waals surface area contributed by atoms with E-state index in [0.29, 0.717) is 0 Å². The van der Waals surface area contributed by atoms with E-state index in [1.54, 1.807) is 0 Å². The molecule has 4 N–H and O–H groups in total. The van der Waals surface area contributed by atoms with E-state index in [4.69, 9.17) is 26.6 Å². The van der Waals surface area contributed by atoms with Crippen molar-refractivity contribution in [2.45, 2.75) is 13.3 Å².